The molecule has 1 aromatic heterocycles. The molecule has 1 heterocycles. The number of halogens is 1. The fourth-order valence-electron chi connectivity index (χ4n) is 3.45. The summed E-state index contributed by atoms with van der Waals surface area (Å²) in [6, 6.07) is 30.9. The Morgan fingerprint density at radius 3 is 2.58 bits per heavy atom. The van der Waals surface area contributed by atoms with Crippen LogP contribution in [-0.4, -0.2) is 10.9 Å². The molecule has 0 atom stereocenters. The largest absolute Gasteiger partial charge is 0.489 e. The lowest BCUT2D eigenvalue weighted by molar-refractivity contribution is 0.102. The predicted octanol–water partition coefficient (Wildman–Crippen LogP) is 7.56. The highest BCUT2D eigenvalue weighted by atomic mass is 79.9. The number of anilines is 1. The minimum atomic E-state index is -0.204. The second-order valence-electron chi connectivity index (χ2n) is 7.43. The van der Waals surface area contributed by atoms with Crippen molar-refractivity contribution in [3.8, 4) is 16.3 Å². The Morgan fingerprint density at radius 2 is 1.73 bits per heavy atom. The zero-order valence-corrected chi connectivity index (χ0v) is 19.9. The second kappa shape index (κ2) is 9.57. The molecule has 4 nitrogen and oxygen atoms in total. The Bertz CT molecular complexity index is 1400. The average molecular weight is 515 g/mol. The Hall–Kier alpha value is -3.48. The van der Waals surface area contributed by atoms with Crippen molar-refractivity contribution in [3.05, 3.63) is 113 Å². The Morgan fingerprint density at radius 1 is 0.909 bits per heavy atom. The number of ether oxygens (including phenoxy) is 1. The van der Waals surface area contributed by atoms with Gasteiger partial charge in [0.15, 0.2) is 0 Å². The molecular formula is C27H19BrN2O2S. The van der Waals surface area contributed by atoms with Crippen molar-refractivity contribution in [2.45, 2.75) is 6.61 Å². The van der Waals surface area contributed by atoms with Crippen molar-refractivity contribution in [1.82, 2.24) is 4.98 Å². The van der Waals surface area contributed by atoms with E-state index in [-0.39, 0.29) is 5.91 Å². The van der Waals surface area contributed by atoms with Gasteiger partial charge in [0.1, 0.15) is 17.4 Å². The molecule has 0 bridgehead atoms. The molecule has 1 N–H and O–H groups in total. The summed E-state index contributed by atoms with van der Waals surface area (Å²) < 4.78 is 7.91. The quantitative estimate of drug-likeness (QED) is 0.254. The van der Waals surface area contributed by atoms with Gasteiger partial charge in [-0.25, -0.2) is 4.98 Å². The number of para-hydroxylation sites is 1. The number of fused-ring (bicyclic) bond motifs is 1. The topological polar surface area (TPSA) is 51.2 Å². The Labute approximate surface area is 204 Å². The Kier molecular flexibility index (Phi) is 6.19. The molecular weight excluding hydrogens is 496 g/mol. The molecule has 0 aliphatic heterocycles. The van der Waals surface area contributed by atoms with E-state index in [0.29, 0.717) is 23.6 Å². The number of hydrogen-bond donors (Lipinski definition) is 1. The van der Waals surface area contributed by atoms with E-state index in [1.165, 1.54) is 0 Å². The number of amides is 1. The molecule has 33 heavy (non-hydrogen) atoms. The zero-order chi connectivity index (χ0) is 22.6. The van der Waals surface area contributed by atoms with E-state index in [4.69, 9.17) is 9.72 Å². The summed E-state index contributed by atoms with van der Waals surface area (Å²) in [5, 5.41) is 3.90. The molecule has 5 rings (SSSR count). The number of benzene rings is 4. The normalized spacial score (nSPS) is 10.8. The SMILES string of the molecule is O=C(Nc1ccc(Br)cc1-c1nc2ccccc2s1)c1cccc(OCc2ccccc2)c1. The summed E-state index contributed by atoms with van der Waals surface area (Å²) in [4.78, 5) is 17.8. The van der Waals surface area contributed by atoms with Crippen molar-refractivity contribution in [3.63, 3.8) is 0 Å². The van der Waals surface area contributed by atoms with Gasteiger partial charge in [0.05, 0.1) is 15.9 Å². The third kappa shape index (κ3) is 4.97. The predicted molar refractivity (Wildman–Crippen MR) is 138 cm³/mol. The summed E-state index contributed by atoms with van der Waals surface area (Å²) in [5.74, 6) is 0.443. The maximum Gasteiger partial charge on any atom is 0.255 e. The van der Waals surface area contributed by atoms with Gasteiger partial charge in [-0.3, -0.25) is 4.79 Å². The zero-order valence-electron chi connectivity index (χ0n) is 17.5. The molecule has 6 heteroatoms. The standard InChI is InChI=1S/C27H19BrN2O2S/c28-20-13-14-23(22(16-20)27-30-24-11-4-5-12-25(24)33-27)29-26(31)19-9-6-10-21(15-19)32-17-18-7-2-1-3-8-18/h1-16H,17H2,(H,29,31). The third-order valence-corrected chi connectivity index (χ3v) is 6.66. The second-order valence-corrected chi connectivity index (χ2v) is 9.38. The van der Waals surface area contributed by atoms with Crippen LogP contribution in [0.15, 0.2) is 102 Å². The van der Waals surface area contributed by atoms with E-state index in [1.807, 2.05) is 84.9 Å². The number of nitrogens with zero attached hydrogens (tertiary/aromatic N) is 1. The number of carbonyl (C=O) groups is 1. The van der Waals surface area contributed by atoms with Crippen molar-refractivity contribution in [1.29, 1.82) is 0 Å². The first-order chi connectivity index (χ1) is 16.2. The van der Waals surface area contributed by atoms with Gasteiger partial charge in [0, 0.05) is 15.6 Å². The molecule has 0 unspecified atom stereocenters. The van der Waals surface area contributed by atoms with Crippen LogP contribution in [0.3, 0.4) is 0 Å². The van der Waals surface area contributed by atoms with Crippen molar-refractivity contribution >= 4 is 49.1 Å². The van der Waals surface area contributed by atoms with Crippen LogP contribution in [0.25, 0.3) is 20.8 Å². The number of aromatic nitrogens is 1. The number of rotatable bonds is 6. The average Bonchev–Trinajstić information content (AvgIpc) is 3.29. The van der Waals surface area contributed by atoms with Crippen LogP contribution in [0.4, 0.5) is 5.69 Å². The molecule has 0 saturated heterocycles. The fourth-order valence-corrected chi connectivity index (χ4v) is 4.81. The number of nitrogens with one attached hydrogen (secondary N) is 1. The highest BCUT2D eigenvalue weighted by Crippen LogP contribution is 2.36. The summed E-state index contributed by atoms with van der Waals surface area (Å²) in [6.45, 7) is 0.445. The number of hydrogen-bond acceptors (Lipinski definition) is 4. The van der Waals surface area contributed by atoms with Crippen LogP contribution < -0.4 is 10.1 Å². The van der Waals surface area contributed by atoms with Gasteiger partial charge >= 0.3 is 0 Å². The number of thiazole rings is 1. The van der Waals surface area contributed by atoms with E-state index in [0.717, 1.165) is 30.8 Å². The van der Waals surface area contributed by atoms with Crippen LogP contribution in [0.5, 0.6) is 5.75 Å². The van der Waals surface area contributed by atoms with Crippen molar-refractivity contribution in [2.24, 2.45) is 0 Å². The molecule has 0 fully saturated rings. The molecule has 0 saturated carbocycles. The van der Waals surface area contributed by atoms with E-state index < -0.39 is 0 Å². The van der Waals surface area contributed by atoms with Crippen molar-refractivity contribution < 1.29 is 9.53 Å². The van der Waals surface area contributed by atoms with Gasteiger partial charge in [-0.1, -0.05) is 64.5 Å². The smallest absolute Gasteiger partial charge is 0.255 e. The van der Waals surface area contributed by atoms with Gasteiger partial charge in [-0.2, -0.15) is 0 Å². The van der Waals surface area contributed by atoms with E-state index in [9.17, 15) is 4.79 Å². The van der Waals surface area contributed by atoms with Gasteiger partial charge in [0.2, 0.25) is 0 Å². The molecule has 0 radical (unpaired) electrons. The Balaban J connectivity index is 1.38. The maximum atomic E-state index is 13.1. The number of carbonyl (C=O) groups excluding carboxylic acids is 1. The highest BCUT2D eigenvalue weighted by Gasteiger charge is 2.15. The van der Waals surface area contributed by atoms with Crippen LogP contribution in [0, 0.1) is 0 Å². The summed E-state index contributed by atoms with van der Waals surface area (Å²) in [7, 11) is 0. The lowest BCUT2D eigenvalue weighted by Crippen LogP contribution is -2.12. The first kappa shape index (κ1) is 21.4. The summed E-state index contributed by atoms with van der Waals surface area (Å²) >= 11 is 5.14. The minimum absolute atomic E-state index is 0.204. The fraction of sp³-hybridized carbons (Fsp3) is 0.0370. The summed E-state index contributed by atoms with van der Waals surface area (Å²) in [5.41, 5.74) is 4.12. The molecule has 0 spiro atoms. The van der Waals surface area contributed by atoms with Crippen LogP contribution >= 0.6 is 27.3 Å². The molecule has 0 aliphatic carbocycles. The van der Waals surface area contributed by atoms with Gasteiger partial charge in [-0.05, 0) is 54.1 Å². The first-order valence-electron chi connectivity index (χ1n) is 10.4. The van der Waals surface area contributed by atoms with Crippen LogP contribution in [0.2, 0.25) is 0 Å². The van der Waals surface area contributed by atoms with E-state index >= 15 is 0 Å². The monoisotopic (exact) mass is 514 g/mol. The lowest BCUT2D eigenvalue weighted by atomic mass is 10.1. The van der Waals surface area contributed by atoms with E-state index in [1.54, 1.807) is 23.5 Å². The van der Waals surface area contributed by atoms with E-state index in [2.05, 4.69) is 21.2 Å². The van der Waals surface area contributed by atoms with Gasteiger partial charge < -0.3 is 10.1 Å². The molecule has 0 aliphatic rings. The van der Waals surface area contributed by atoms with Crippen LogP contribution in [0.1, 0.15) is 15.9 Å². The van der Waals surface area contributed by atoms with Gasteiger partial charge in [0.25, 0.3) is 5.91 Å². The molecule has 5 aromatic rings. The van der Waals surface area contributed by atoms with Crippen molar-refractivity contribution in [2.75, 3.05) is 5.32 Å². The van der Waals surface area contributed by atoms with Gasteiger partial charge in [-0.15, -0.1) is 11.3 Å². The maximum absolute atomic E-state index is 13.1. The first-order valence-corrected chi connectivity index (χ1v) is 12.0. The third-order valence-electron chi connectivity index (χ3n) is 5.10. The minimum Gasteiger partial charge on any atom is -0.489 e. The lowest BCUT2D eigenvalue weighted by Gasteiger charge is -2.11. The molecule has 4 aromatic carbocycles. The van der Waals surface area contributed by atoms with Crippen LogP contribution in [-0.2, 0) is 6.61 Å². The molecule has 1 amide bonds. The summed E-state index contributed by atoms with van der Waals surface area (Å²) in [6.07, 6.45) is 0. The highest BCUT2D eigenvalue weighted by molar-refractivity contribution is 9.10. The molecule has 162 valence electrons.